The fraction of sp³-hybridized carbons (Fsp3) is 0.231. The van der Waals surface area contributed by atoms with Crippen molar-refractivity contribution < 1.29 is 18.0 Å². The molecule has 36 heavy (non-hydrogen) atoms. The number of thiophene rings is 1. The van der Waals surface area contributed by atoms with Gasteiger partial charge in [0.1, 0.15) is 16.6 Å². The first-order valence-electron chi connectivity index (χ1n) is 11.3. The first-order chi connectivity index (χ1) is 17.1. The molecule has 10 heteroatoms. The number of aryl methyl sites for hydroxylation is 2. The van der Waals surface area contributed by atoms with Crippen LogP contribution in [0.3, 0.4) is 0 Å². The lowest BCUT2D eigenvalue weighted by molar-refractivity contribution is -0.122. The van der Waals surface area contributed by atoms with Crippen LogP contribution in [0.5, 0.6) is 0 Å². The van der Waals surface area contributed by atoms with Crippen molar-refractivity contribution in [3.8, 4) is 0 Å². The summed E-state index contributed by atoms with van der Waals surface area (Å²) >= 11 is 7.78. The van der Waals surface area contributed by atoms with E-state index in [1.165, 1.54) is 6.07 Å². The summed E-state index contributed by atoms with van der Waals surface area (Å²) in [5.41, 5.74) is 1.86. The summed E-state index contributed by atoms with van der Waals surface area (Å²) in [4.78, 5) is 29.8. The third-order valence-electron chi connectivity index (χ3n) is 5.71. The zero-order valence-electron chi connectivity index (χ0n) is 20.0. The Morgan fingerprint density at radius 1 is 1.08 bits per heavy atom. The maximum Gasteiger partial charge on any atom is 0.269 e. The van der Waals surface area contributed by atoms with E-state index < -0.39 is 21.8 Å². The van der Waals surface area contributed by atoms with Crippen molar-refractivity contribution in [2.24, 2.45) is 0 Å². The van der Waals surface area contributed by atoms with E-state index in [0.29, 0.717) is 28.9 Å². The van der Waals surface area contributed by atoms with Crippen LogP contribution in [-0.4, -0.2) is 37.8 Å². The Labute approximate surface area is 218 Å². The van der Waals surface area contributed by atoms with Crippen LogP contribution in [-0.2, 0) is 21.1 Å². The third-order valence-corrected chi connectivity index (χ3v) is 8.69. The van der Waals surface area contributed by atoms with Crippen molar-refractivity contribution >= 4 is 55.5 Å². The second kappa shape index (κ2) is 10.5. The lowest BCUT2D eigenvalue weighted by Gasteiger charge is -2.15. The van der Waals surface area contributed by atoms with Gasteiger partial charge in [-0.3, -0.25) is 9.59 Å². The number of hydrogen-bond acceptors (Lipinski definition) is 5. The maximum atomic E-state index is 13.8. The molecular weight excluding hydrogens is 518 g/mol. The van der Waals surface area contributed by atoms with Gasteiger partial charge in [-0.2, -0.15) is 0 Å². The highest BCUT2D eigenvalue weighted by atomic mass is 35.5. The summed E-state index contributed by atoms with van der Waals surface area (Å²) in [6.45, 7) is 5.60. The number of fused-ring (bicyclic) bond motifs is 1. The van der Waals surface area contributed by atoms with Crippen LogP contribution < -0.4 is 10.6 Å². The fourth-order valence-electron chi connectivity index (χ4n) is 4.04. The van der Waals surface area contributed by atoms with E-state index >= 15 is 0 Å². The fourth-order valence-corrected chi connectivity index (χ4v) is 6.71. The number of hydrogen-bond donors (Lipinski definition) is 3. The molecule has 0 aliphatic rings. The molecule has 0 aliphatic heterocycles. The van der Waals surface area contributed by atoms with Crippen molar-refractivity contribution in [1.82, 2.24) is 15.6 Å². The number of sulfone groups is 1. The molecule has 2 heterocycles. The maximum absolute atomic E-state index is 13.8. The van der Waals surface area contributed by atoms with Gasteiger partial charge in [0.25, 0.3) is 5.91 Å². The largest absolute Gasteiger partial charge is 0.354 e. The predicted molar refractivity (Wildman–Crippen MR) is 143 cm³/mol. The monoisotopic (exact) mass is 543 g/mol. The van der Waals surface area contributed by atoms with Gasteiger partial charge < -0.3 is 15.6 Å². The molecule has 0 saturated carbocycles. The van der Waals surface area contributed by atoms with Gasteiger partial charge >= 0.3 is 0 Å². The number of benzene rings is 2. The number of H-pyrrole nitrogens is 1. The van der Waals surface area contributed by atoms with Crippen molar-refractivity contribution in [2.75, 3.05) is 6.54 Å². The van der Waals surface area contributed by atoms with Crippen molar-refractivity contribution in [2.45, 2.75) is 43.0 Å². The molecule has 2 amide bonds. The number of nitrogens with one attached hydrogen (secondary N) is 3. The van der Waals surface area contributed by atoms with E-state index in [1.807, 2.05) is 37.4 Å². The minimum absolute atomic E-state index is 0.0781. The van der Waals surface area contributed by atoms with Crippen LogP contribution in [0, 0.1) is 13.8 Å². The molecule has 2 aromatic carbocycles. The Morgan fingerprint density at radius 3 is 2.47 bits per heavy atom. The van der Waals surface area contributed by atoms with Crippen LogP contribution in [0.4, 0.5) is 0 Å². The number of aromatic nitrogens is 1. The van der Waals surface area contributed by atoms with E-state index in [0.717, 1.165) is 16.0 Å². The van der Waals surface area contributed by atoms with Crippen LogP contribution >= 0.6 is 22.9 Å². The van der Waals surface area contributed by atoms with E-state index in [1.54, 1.807) is 42.5 Å². The number of carbonyl (C=O) groups excluding carboxylic acids is 2. The van der Waals surface area contributed by atoms with Crippen LogP contribution in [0.2, 0.25) is 5.02 Å². The molecule has 0 bridgehead atoms. The van der Waals surface area contributed by atoms with Gasteiger partial charge in [0.2, 0.25) is 15.7 Å². The first-order valence-corrected chi connectivity index (χ1v) is 14.1. The van der Waals surface area contributed by atoms with Gasteiger partial charge in [-0.1, -0.05) is 23.7 Å². The molecule has 3 N–H and O–H groups in total. The second-order valence-electron chi connectivity index (χ2n) is 8.66. The molecule has 7 nitrogen and oxygen atoms in total. The number of amides is 2. The minimum atomic E-state index is -4.11. The van der Waals surface area contributed by atoms with Crippen LogP contribution in [0.25, 0.3) is 10.9 Å². The molecule has 2 aromatic heterocycles. The number of rotatable bonds is 8. The number of carbonyl (C=O) groups is 2. The summed E-state index contributed by atoms with van der Waals surface area (Å²) in [6.07, 6.45) is 0.686. The van der Waals surface area contributed by atoms with Gasteiger partial charge in [-0.25, -0.2) is 8.42 Å². The van der Waals surface area contributed by atoms with E-state index in [2.05, 4.69) is 15.6 Å². The topological polar surface area (TPSA) is 108 Å². The molecule has 4 aromatic rings. The minimum Gasteiger partial charge on any atom is -0.354 e. The predicted octanol–water partition coefficient (Wildman–Crippen LogP) is 4.81. The number of halogens is 1. The summed E-state index contributed by atoms with van der Waals surface area (Å²) in [7, 11) is -4.11. The molecular formula is C26H26ClN3O4S2. The molecule has 0 aliphatic carbocycles. The molecule has 188 valence electrons. The quantitative estimate of drug-likeness (QED) is 0.296. The highest BCUT2D eigenvalue weighted by Crippen LogP contribution is 2.34. The van der Waals surface area contributed by atoms with Crippen molar-refractivity contribution in [3.05, 3.63) is 80.6 Å². The summed E-state index contributed by atoms with van der Waals surface area (Å²) in [5.74, 6) is -1.07. The molecule has 4 rings (SSSR count). The van der Waals surface area contributed by atoms with E-state index in [9.17, 15) is 18.0 Å². The molecule has 0 saturated heterocycles. The van der Waals surface area contributed by atoms with Crippen LogP contribution in [0.1, 0.15) is 33.4 Å². The van der Waals surface area contributed by atoms with Gasteiger partial charge in [0.05, 0.1) is 4.90 Å². The van der Waals surface area contributed by atoms with Crippen LogP contribution in [0.15, 0.2) is 63.7 Å². The summed E-state index contributed by atoms with van der Waals surface area (Å²) in [6, 6.07) is 12.8. The Hall–Kier alpha value is -3.14. The average Bonchev–Trinajstić information content (AvgIpc) is 3.46. The highest BCUT2D eigenvalue weighted by Gasteiger charge is 2.31. The smallest absolute Gasteiger partial charge is 0.269 e. The lowest BCUT2D eigenvalue weighted by Crippen LogP contribution is -2.45. The molecule has 1 unspecified atom stereocenters. The summed E-state index contributed by atoms with van der Waals surface area (Å²) in [5, 5.41) is 8.04. The number of aromatic amines is 1. The zero-order chi connectivity index (χ0) is 26.0. The lowest BCUT2D eigenvalue weighted by atomic mass is 10.2. The van der Waals surface area contributed by atoms with Gasteiger partial charge in [0, 0.05) is 27.3 Å². The highest BCUT2D eigenvalue weighted by molar-refractivity contribution is 7.91. The molecule has 0 fully saturated rings. The molecule has 0 spiro atoms. The first kappa shape index (κ1) is 25.9. The Balaban J connectivity index is 1.64. The van der Waals surface area contributed by atoms with E-state index in [4.69, 9.17) is 11.6 Å². The standard InChI is InChI=1S/C26H26ClN3O4S2/c1-15-11-16(2)13-20(12-15)36(33,34)24-21-14-18(27)6-7-22(21)30-23(24)26(32)29-17(3)25(31)28-9-8-19-5-4-10-35-19/h4-7,10-14,17,30H,8-9H2,1-3H3,(H,28,31)(H,29,32). The van der Waals surface area contributed by atoms with Gasteiger partial charge in [-0.15, -0.1) is 11.3 Å². The normalized spacial score (nSPS) is 12.4. The SMILES string of the molecule is Cc1cc(C)cc(S(=O)(=O)c2c(C(=O)NC(C)C(=O)NCCc3cccs3)[nH]c3ccc(Cl)cc23)c1. The van der Waals surface area contributed by atoms with Crippen molar-refractivity contribution in [1.29, 1.82) is 0 Å². The van der Waals surface area contributed by atoms with Gasteiger partial charge in [-0.05, 0) is 80.1 Å². The Kier molecular flexibility index (Phi) is 7.54. The second-order valence-corrected chi connectivity index (χ2v) is 12.0. The average molecular weight is 544 g/mol. The molecule has 0 radical (unpaired) electrons. The summed E-state index contributed by atoms with van der Waals surface area (Å²) < 4.78 is 27.6. The third kappa shape index (κ3) is 5.48. The van der Waals surface area contributed by atoms with E-state index in [-0.39, 0.29) is 21.4 Å². The molecule has 1 atom stereocenters. The Morgan fingerprint density at radius 2 is 1.81 bits per heavy atom. The van der Waals surface area contributed by atoms with Crippen molar-refractivity contribution in [3.63, 3.8) is 0 Å². The zero-order valence-corrected chi connectivity index (χ0v) is 22.4. The van der Waals surface area contributed by atoms with Gasteiger partial charge in [0.15, 0.2) is 0 Å². The Bertz CT molecular complexity index is 1520.